The number of rotatable bonds is 2. The number of amides is 1. The molecule has 2 aliphatic heterocycles. The van der Waals surface area contributed by atoms with Crippen LogP contribution < -0.4 is 0 Å². The number of carbonyl (C=O) groups is 1. The van der Waals surface area contributed by atoms with Gasteiger partial charge in [-0.1, -0.05) is 30.3 Å². The van der Waals surface area contributed by atoms with Crippen LogP contribution in [-0.4, -0.2) is 34.4 Å². The number of fused-ring (bicyclic) bond motifs is 2. The van der Waals surface area contributed by atoms with Gasteiger partial charge < -0.3 is 4.90 Å². The van der Waals surface area contributed by atoms with Crippen LogP contribution >= 0.6 is 11.8 Å². The predicted molar refractivity (Wildman–Crippen MR) is 73.7 cm³/mol. The first-order valence-corrected chi connectivity index (χ1v) is 7.83. The molecule has 0 spiro atoms. The zero-order valence-electron chi connectivity index (χ0n) is 10.3. The molecule has 4 rings (SSSR count). The maximum atomic E-state index is 12.8. The van der Waals surface area contributed by atoms with E-state index < -0.39 is 0 Å². The normalized spacial score (nSPS) is 31.7. The van der Waals surface area contributed by atoms with Gasteiger partial charge in [-0.25, -0.2) is 0 Å². The van der Waals surface area contributed by atoms with Crippen LogP contribution in [-0.2, 0) is 10.2 Å². The molecular weight excluding hydrogens is 242 g/mol. The maximum Gasteiger partial charge on any atom is 0.233 e. The molecule has 2 nitrogen and oxygen atoms in total. The van der Waals surface area contributed by atoms with Gasteiger partial charge in [0.1, 0.15) is 0 Å². The Morgan fingerprint density at radius 3 is 2.61 bits per heavy atom. The molecule has 3 aliphatic rings. The first-order chi connectivity index (χ1) is 8.79. The van der Waals surface area contributed by atoms with Gasteiger partial charge in [-0.05, 0) is 24.8 Å². The van der Waals surface area contributed by atoms with Gasteiger partial charge >= 0.3 is 0 Å². The third-order valence-electron chi connectivity index (χ3n) is 4.65. The molecule has 3 fully saturated rings. The van der Waals surface area contributed by atoms with Crippen molar-refractivity contribution in [2.24, 2.45) is 0 Å². The van der Waals surface area contributed by atoms with Gasteiger partial charge in [0, 0.05) is 23.6 Å². The minimum absolute atomic E-state index is 0.156. The third kappa shape index (κ3) is 1.46. The molecule has 2 saturated heterocycles. The van der Waals surface area contributed by atoms with E-state index in [0.29, 0.717) is 17.2 Å². The highest BCUT2D eigenvalue weighted by Crippen LogP contribution is 2.51. The molecular formula is C15H17NOS. The van der Waals surface area contributed by atoms with Crippen molar-refractivity contribution in [1.82, 2.24) is 4.90 Å². The largest absolute Gasteiger partial charge is 0.337 e. The summed E-state index contributed by atoms with van der Waals surface area (Å²) in [6.45, 7) is 0.989. The minimum atomic E-state index is -0.156. The monoisotopic (exact) mass is 259 g/mol. The Morgan fingerprint density at radius 2 is 2.06 bits per heavy atom. The Bertz CT molecular complexity index is 483. The number of hydrogen-bond donors (Lipinski definition) is 0. The predicted octanol–water partition coefficient (Wildman–Crippen LogP) is 2.43. The Balaban J connectivity index is 1.62. The fourth-order valence-corrected chi connectivity index (χ4v) is 4.87. The molecule has 0 unspecified atom stereocenters. The van der Waals surface area contributed by atoms with Crippen LogP contribution in [0.25, 0.3) is 0 Å². The summed E-state index contributed by atoms with van der Waals surface area (Å²) >= 11 is 2.05. The van der Waals surface area contributed by atoms with Crippen molar-refractivity contribution in [3.05, 3.63) is 35.9 Å². The molecule has 3 heteroatoms. The van der Waals surface area contributed by atoms with Gasteiger partial charge in [0.2, 0.25) is 5.91 Å². The van der Waals surface area contributed by atoms with E-state index in [1.165, 1.54) is 12.0 Å². The van der Waals surface area contributed by atoms with Crippen LogP contribution in [0.1, 0.15) is 24.8 Å². The van der Waals surface area contributed by atoms with Crippen molar-refractivity contribution < 1.29 is 4.79 Å². The SMILES string of the molecule is O=C(N1C[C@H]2C[C@H]1CS2)C1(c2ccccc2)CC1. The van der Waals surface area contributed by atoms with Gasteiger partial charge in [-0.15, -0.1) is 0 Å². The molecule has 1 aromatic rings. The van der Waals surface area contributed by atoms with Crippen LogP contribution in [0.3, 0.4) is 0 Å². The van der Waals surface area contributed by atoms with E-state index in [-0.39, 0.29) is 5.41 Å². The van der Waals surface area contributed by atoms with Crippen molar-refractivity contribution in [2.45, 2.75) is 36.0 Å². The molecule has 94 valence electrons. The molecule has 1 aromatic carbocycles. The van der Waals surface area contributed by atoms with E-state index in [9.17, 15) is 4.79 Å². The topological polar surface area (TPSA) is 20.3 Å². The summed E-state index contributed by atoms with van der Waals surface area (Å²) in [6, 6.07) is 10.9. The zero-order valence-corrected chi connectivity index (χ0v) is 11.2. The fraction of sp³-hybridized carbons (Fsp3) is 0.533. The number of hydrogen-bond acceptors (Lipinski definition) is 2. The molecule has 0 radical (unpaired) electrons. The third-order valence-corrected chi connectivity index (χ3v) is 6.04. The molecule has 1 saturated carbocycles. The summed E-state index contributed by atoms with van der Waals surface area (Å²) in [6.07, 6.45) is 3.30. The van der Waals surface area contributed by atoms with Gasteiger partial charge in [0.25, 0.3) is 0 Å². The van der Waals surface area contributed by atoms with E-state index in [1.54, 1.807) is 0 Å². The van der Waals surface area contributed by atoms with Crippen molar-refractivity contribution in [3.63, 3.8) is 0 Å². The van der Waals surface area contributed by atoms with Gasteiger partial charge in [0.15, 0.2) is 0 Å². The number of likely N-dealkylation sites (tertiary alicyclic amines) is 1. The van der Waals surface area contributed by atoms with E-state index in [4.69, 9.17) is 0 Å². The lowest BCUT2D eigenvalue weighted by atomic mass is 9.94. The Morgan fingerprint density at radius 1 is 1.28 bits per heavy atom. The van der Waals surface area contributed by atoms with Gasteiger partial charge in [0.05, 0.1) is 5.41 Å². The van der Waals surface area contributed by atoms with Crippen molar-refractivity contribution in [1.29, 1.82) is 0 Å². The number of nitrogens with zero attached hydrogens (tertiary/aromatic N) is 1. The lowest BCUT2D eigenvalue weighted by Gasteiger charge is -2.30. The number of thioether (sulfide) groups is 1. The second-order valence-corrected chi connectivity index (χ2v) is 7.08. The molecule has 18 heavy (non-hydrogen) atoms. The molecule has 1 amide bonds. The fourth-order valence-electron chi connectivity index (χ4n) is 3.43. The highest BCUT2D eigenvalue weighted by atomic mass is 32.2. The average Bonchev–Trinajstić information content (AvgIpc) is 2.97. The first-order valence-electron chi connectivity index (χ1n) is 6.78. The van der Waals surface area contributed by atoms with Crippen LogP contribution in [0.2, 0.25) is 0 Å². The van der Waals surface area contributed by atoms with Crippen LogP contribution in [0, 0.1) is 0 Å². The highest BCUT2D eigenvalue weighted by Gasteiger charge is 2.56. The minimum Gasteiger partial charge on any atom is -0.337 e. The average molecular weight is 259 g/mol. The lowest BCUT2D eigenvalue weighted by molar-refractivity contribution is -0.134. The number of benzene rings is 1. The van der Waals surface area contributed by atoms with Crippen molar-refractivity contribution in [3.8, 4) is 0 Å². The summed E-state index contributed by atoms with van der Waals surface area (Å²) in [4.78, 5) is 15.0. The second kappa shape index (κ2) is 3.77. The Kier molecular flexibility index (Phi) is 2.28. The summed E-state index contributed by atoms with van der Waals surface area (Å²) in [5.41, 5.74) is 1.07. The van der Waals surface area contributed by atoms with Gasteiger partial charge in [-0.2, -0.15) is 11.8 Å². The molecule has 2 atom stereocenters. The van der Waals surface area contributed by atoms with Crippen LogP contribution in [0.5, 0.6) is 0 Å². The molecule has 2 heterocycles. The van der Waals surface area contributed by atoms with Crippen LogP contribution in [0.15, 0.2) is 30.3 Å². The summed E-state index contributed by atoms with van der Waals surface area (Å²) in [7, 11) is 0. The van der Waals surface area contributed by atoms with Crippen LogP contribution in [0.4, 0.5) is 0 Å². The maximum absolute atomic E-state index is 12.8. The highest BCUT2D eigenvalue weighted by molar-refractivity contribution is 8.00. The second-order valence-electron chi connectivity index (χ2n) is 5.75. The molecule has 0 N–H and O–H groups in total. The first kappa shape index (κ1) is 10.9. The Hall–Kier alpha value is -0.960. The summed E-state index contributed by atoms with van der Waals surface area (Å²) in [5, 5.41) is 0.713. The zero-order chi connectivity index (χ0) is 12.2. The Labute approximate surface area is 112 Å². The standard InChI is InChI=1S/C15H17NOS/c17-14(16-9-13-8-12(16)10-18-13)15(6-7-15)11-4-2-1-3-5-11/h1-5,12-13H,6-10H2/t12-,13+/m0/s1. The van der Waals surface area contributed by atoms with E-state index in [1.807, 2.05) is 17.8 Å². The summed E-state index contributed by atoms with van der Waals surface area (Å²) in [5.74, 6) is 1.56. The van der Waals surface area contributed by atoms with Crippen molar-refractivity contribution >= 4 is 17.7 Å². The molecule has 1 aliphatic carbocycles. The quantitative estimate of drug-likeness (QED) is 0.813. The smallest absolute Gasteiger partial charge is 0.233 e. The van der Waals surface area contributed by atoms with Gasteiger partial charge in [-0.3, -0.25) is 4.79 Å². The lowest BCUT2D eigenvalue weighted by Crippen LogP contribution is -2.44. The van der Waals surface area contributed by atoms with E-state index in [0.717, 1.165) is 25.1 Å². The van der Waals surface area contributed by atoms with E-state index >= 15 is 0 Å². The number of carbonyl (C=O) groups excluding carboxylic acids is 1. The molecule has 0 aromatic heterocycles. The van der Waals surface area contributed by atoms with E-state index in [2.05, 4.69) is 29.2 Å². The summed E-state index contributed by atoms with van der Waals surface area (Å²) < 4.78 is 0. The molecule has 2 bridgehead atoms. The van der Waals surface area contributed by atoms with Crippen molar-refractivity contribution in [2.75, 3.05) is 12.3 Å².